The standard InChI is InChI=1S/C26H21FN4/c1-18-7-9-19(10-8-18)15-28-25-24-23(20-5-3-2-4-6-20)16-31(26(24)30-17-29-25)22-13-11-21(27)12-14-22/h2-14,16-17H,15H2,1H3,(H,28,29,30). The van der Waals surface area contributed by atoms with E-state index in [1.807, 2.05) is 29.0 Å². The quantitative estimate of drug-likeness (QED) is 0.379. The van der Waals surface area contributed by atoms with Crippen LogP contribution in [0.5, 0.6) is 0 Å². The van der Waals surface area contributed by atoms with Crippen molar-refractivity contribution < 1.29 is 4.39 Å². The predicted molar refractivity (Wildman–Crippen MR) is 123 cm³/mol. The molecule has 0 aliphatic heterocycles. The van der Waals surface area contributed by atoms with Crippen molar-refractivity contribution in [3.63, 3.8) is 0 Å². The van der Waals surface area contributed by atoms with E-state index >= 15 is 0 Å². The van der Waals surface area contributed by atoms with Crippen LogP contribution in [-0.2, 0) is 6.54 Å². The van der Waals surface area contributed by atoms with Crippen molar-refractivity contribution in [1.82, 2.24) is 14.5 Å². The molecule has 0 unspecified atom stereocenters. The highest BCUT2D eigenvalue weighted by atomic mass is 19.1. The van der Waals surface area contributed by atoms with Gasteiger partial charge in [0.25, 0.3) is 0 Å². The Morgan fingerprint density at radius 2 is 1.61 bits per heavy atom. The van der Waals surface area contributed by atoms with Gasteiger partial charge in [0.2, 0.25) is 0 Å². The van der Waals surface area contributed by atoms with Crippen LogP contribution in [-0.4, -0.2) is 14.5 Å². The fraction of sp³-hybridized carbons (Fsp3) is 0.0769. The average molecular weight is 408 g/mol. The zero-order valence-corrected chi connectivity index (χ0v) is 17.1. The number of benzene rings is 3. The number of nitrogens with one attached hydrogen (secondary N) is 1. The monoisotopic (exact) mass is 408 g/mol. The Morgan fingerprint density at radius 3 is 2.35 bits per heavy atom. The molecule has 1 N–H and O–H groups in total. The van der Waals surface area contributed by atoms with Gasteiger partial charge in [-0.2, -0.15) is 0 Å². The molecule has 5 aromatic rings. The van der Waals surface area contributed by atoms with Gasteiger partial charge in [0, 0.05) is 24.0 Å². The molecule has 31 heavy (non-hydrogen) atoms. The number of aromatic nitrogens is 3. The van der Waals surface area contributed by atoms with Crippen LogP contribution in [0.2, 0.25) is 0 Å². The first kappa shape index (κ1) is 19.0. The lowest BCUT2D eigenvalue weighted by Crippen LogP contribution is -2.03. The van der Waals surface area contributed by atoms with Gasteiger partial charge < -0.3 is 9.88 Å². The van der Waals surface area contributed by atoms with Crippen molar-refractivity contribution in [3.8, 4) is 16.8 Å². The third-order valence-electron chi connectivity index (χ3n) is 5.35. The van der Waals surface area contributed by atoms with Crippen LogP contribution in [0, 0.1) is 12.7 Å². The van der Waals surface area contributed by atoms with Gasteiger partial charge in [-0.15, -0.1) is 0 Å². The van der Waals surface area contributed by atoms with Gasteiger partial charge in [-0.1, -0.05) is 60.2 Å². The Balaban J connectivity index is 1.64. The van der Waals surface area contributed by atoms with E-state index in [0.717, 1.165) is 33.7 Å². The number of hydrogen-bond acceptors (Lipinski definition) is 3. The summed E-state index contributed by atoms with van der Waals surface area (Å²) in [4.78, 5) is 9.12. The van der Waals surface area contributed by atoms with Gasteiger partial charge in [-0.25, -0.2) is 14.4 Å². The molecule has 0 fully saturated rings. The second kappa shape index (κ2) is 8.03. The van der Waals surface area contributed by atoms with Crippen LogP contribution < -0.4 is 5.32 Å². The number of hydrogen-bond donors (Lipinski definition) is 1. The summed E-state index contributed by atoms with van der Waals surface area (Å²) in [6.45, 7) is 2.73. The summed E-state index contributed by atoms with van der Waals surface area (Å²) >= 11 is 0. The highest BCUT2D eigenvalue weighted by Gasteiger charge is 2.17. The Hall–Kier alpha value is -3.99. The molecule has 0 saturated heterocycles. The molecule has 152 valence electrons. The van der Waals surface area contributed by atoms with Crippen LogP contribution >= 0.6 is 0 Å². The third kappa shape index (κ3) is 3.78. The summed E-state index contributed by atoms with van der Waals surface area (Å²) < 4.78 is 15.5. The van der Waals surface area contributed by atoms with Gasteiger partial charge in [0.05, 0.1) is 5.39 Å². The molecule has 0 aliphatic rings. The topological polar surface area (TPSA) is 42.7 Å². The molecule has 3 aromatic carbocycles. The number of aryl methyl sites for hydroxylation is 1. The summed E-state index contributed by atoms with van der Waals surface area (Å²) in [5.41, 5.74) is 6.12. The molecule has 0 saturated carbocycles. The molecule has 0 aliphatic carbocycles. The molecule has 4 nitrogen and oxygen atoms in total. The van der Waals surface area contributed by atoms with Crippen molar-refractivity contribution in [2.45, 2.75) is 13.5 Å². The molecule has 0 amide bonds. The van der Waals surface area contributed by atoms with Crippen LogP contribution in [0.1, 0.15) is 11.1 Å². The highest BCUT2D eigenvalue weighted by molar-refractivity contribution is 6.02. The largest absolute Gasteiger partial charge is 0.365 e. The normalized spacial score (nSPS) is 11.0. The molecule has 2 heterocycles. The number of nitrogens with zero attached hydrogens (tertiary/aromatic N) is 3. The number of anilines is 1. The summed E-state index contributed by atoms with van der Waals surface area (Å²) in [6.07, 6.45) is 3.60. The van der Waals surface area contributed by atoms with Gasteiger partial charge in [-0.3, -0.25) is 0 Å². The van der Waals surface area contributed by atoms with E-state index in [2.05, 4.69) is 58.6 Å². The molecule has 5 heteroatoms. The maximum Gasteiger partial charge on any atom is 0.150 e. The lowest BCUT2D eigenvalue weighted by Gasteiger charge is -2.09. The molecule has 2 aromatic heterocycles. The summed E-state index contributed by atoms with van der Waals surface area (Å²) in [5, 5.41) is 4.42. The molecule has 0 bridgehead atoms. The van der Waals surface area contributed by atoms with Crippen molar-refractivity contribution in [2.75, 3.05) is 5.32 Å². The van der Waals surface area contributed by atoms with Crippen molar-refractivity contribution >= 4 is 16.9 Å². The van der Waals surface area contributed by atoms with E-state index in [9.17, 15) is 4.39 Å². The predicted octanol–water partition coefficient (Wildman–Crippen LogP) is 6.15. The Kier molecular flexibility index (Phi) is 4.92. The first-order valence-electron chi connectivity index (χ1n) is 10.2. The van der Waals surface area contributed by atoms with E-state index in [0.29, 0.717) is 6.54 Å². The van der Waals surface area contributed by atoms with Gasteiger partial charge in [0.1, 0.15) is 18.0 Å². The zero-order chi connectivity index (χ0) is 21.2. The fourth-order valence-corrected chi connectivity index (χ4v) is 3.72. The van der Waals surface area contributed by atoms with Gasteiger partial charge in [-0.05, 0) is 42.3 Å². The summed E-state index contributed by atoms with van der Waals surface area (Å²) in [5.74, 6) is 0.504. The first-order chi connectivity index (χ1) is 15.2. The maximum absolute atomic E-state index is 13.5. The van der Waals surface area contributed by atoms with Crippen LogP contribution in [0.15, 0.2) is 91.4 Å². The van der Waals surface area contributed by atoms with Gasteiger partial charge >= 0.3 is 0 Å². The molecule has 5 rings (SSSR count). The maximum atomic E-state index is 13.5. The van der Waals surface area contributed by atoms with Crippen molar-refractivity contribution in [3.05, 3.63) is 108 Å². The minimum atomic E-state index is -0.265. The molecule has 0 radical (unpaired) electrons. The molecular weight excluding hydrogens is 387 g/mol. The molecule has 0 atom stereocenters. The number of rotatable bonds is 5. The first-order valence-corrected chi connectivity index (χ1v) is 10.2. The molecule has 0 spiro atoms. The summed E-state index contributed by atoms with van der Waals surface area (Å²) in [6, 6.07) is 25.0. The van der Waals surface area contributed by atoms with E-state index in [1.165, 1.54) is 23.3 Å². The van der Waals surface area contributed by atoms with Gasteiger partial charge in [0.15, 0.2) is 5.65 Å². The summed E-state index contributed by atoms with van der Waals surface area (Å²) in [7, 11) is 0. The van der Waals surface area contributed by atoms with Crippen molar-refractivity contribution in [1.29, 1.82) is 0 Å². The zero-order valence-electron chi connectivity index (χ0n) is 17.1. The van der Waals surface area contributed by atoms with E-state index in [4.69, 9.17) is 0 Å². The Morgan fingerprint density at radius 1 is 0.871 bits per heavy atom. The second-order valence-corrected chi connectivity index (χ2v) is 7.52. The Bertz CT molecular complexity index is 1320. The minimum Gasteiger partial charge on any atom is -0.365 e. The van der Waals surface area contributed by atoms with E-state index in [1.54, 1.807) is 18.5 Å². The molecular formula is C26H21FN4. The SMILES string of the molecule is Cc1ccc(CNc2ncnc3c2c(-c2ccccc2)cn3-c2ccc(F)cc2)cc1. The lowest BCUT2D eigenvalue weighted by atomic mass is 10.1. The smallest absolute Gasteiger partial charge is 0.150 e. The Labute approximate surface area is 180 Å². The lowest BCUT2D eigenvalue weighted by molar-refractivity contribution is 0.627. The van der Waals surface area contributed by atoms with E-state index in [-0.39, 0.29) is 5.82 Å². The second-order valence-electron chi connectivity index (χ2n) is 7.52. The van der Waals surface area contributed by atoms with Crippen LogP contribution in [0.3, 0.4) is 0 Å². The van der Waals surface area contributed by atoms with Crippen LogP contribution in [0.25, 0.3) is 27.8 Å². The third-order valence-corrected chi connectivity index (χ3v) is 5.35. The van der Waals surface area contributed by atoms with Crippen LogP contribution in [0.4, 0.5) is 10.2 Å². The van der Waals surface area contributed by atoms with E-state index < -0.39 is 0 Å². The average Bonchev–Trinajstić information content (AvgIpc) is 3.20. The number of halogens is 1. The van der Waals surface area contributed by atoms with Crippen molar-refractivity contribution in [2.24, 2.45) is 0 Å². The minimum absolute atomic E-state index is 0.265. The highest BCUT2D eigenvalue weighted by Crippen LogP contribution is 2.35. The fourth-order valence-electron chi connectivity index (χ4n) is 3.72. The number of fused-ring (bicyclic) bond motifs is 1.